The van der Waals surface area contributed by atoms with Crippen molar-refractivity contribution >= 4 is 28.4 Å². The van der Waals surface area contributed by atoms with E-state index in [1.165, 1.54) is 16.9 Å². The Bertz CT molecular complexity index is 627. The van der Waals surface area contributed by atoms with Crippen molar-refractivity contribution in [1.29, 1.82) is 0 Å². The first kappa shape index (κ1) is 15.0. The van der Waals surface area contributed by atoms with E-state index in [1.54, 1.807) is 13.1 Å². The predicted molar refractivity (Wildman–Crippen MR) is 82.2 cm³/mol. The highest BCUT2D eigenvalue weighted by Crippen LogP contribution is 2.21. The molecule has 1 atom stereocenters. The van der Waals surface area contributed by atoms with E-state index in [0.29, 0.717) is 5.13 Å². The highest BCUT2D eigenvalue weighted by molar-refractivity contribution is 7.15. The van der Waals surface area contributed by atoms with Crippen molar-refractivity contribution in [2.45, 2.75) is 19.4 Å². The van der Waals surface area contributed by atoms with Crippen LogP contribution in [-0.4, -0.2) is 23.0 Å². The van der Waals surface area contributed by atoms with Gasteiger partial charge in [-0.1, -0.05) is 30.3 Å². The molecule has 21 heavy (non-hydrogen) atoms. The SMILES string of the molecule is CC(NC(N)=O)C(=O)Nc1ncc(Cc2ccccc2)s1. The summed E-state index contributed by atoms with van der Waals surface area (Å²) in [6.07, 6.45) is 2.50. The molecule has 1 aromatic heterocycles. The molecular formula is C14H16N4O2S. The van der Waals surface area contributed by atoms with Crippen LogP contribution in [0.1, 0.15) is 17.4 Å². The standard InChI is InChI=1S/C14H16N4O2S/c1-9(17-13(15)20)12(19)18-14-16-8-11(21-14)7-10-5-3-2-4-6-10/h2-6,8-9H,7H2,1H3,(H3,15,17,20)(H,16,18,19). The van der Waals surface area contributed by atoms with Crippen molar-refractivity contribution in [3.05, 3.63) is 47.0 Å². The van der Waals surface area contributed by atoms with Crippen LogP contribution in [0.3, 0.4) is 0 Å². The zero-order valence-corrected chi connectivity index (χ0v) is 12.3. The van der Waals surface area contributed by atoms with E-state index in [-0.39, 0.29) is 5.91 Å². The van der Waals surface area contributed by atoms with Gasteiger partial charge in [-0.2, -0.15) is 0 Å². The van der Waals surface area contributed by atoms with Gasteiger partial charge in [0.05, 0.1) is 0 Å². The maximum absolute atomic E-state index is 11.8. The van der Waals surface area contributed by atoms with Crippen molar-refractivity contribution in [3.63, 3.8) is 0 Å². The molecule has 0 aliphatic rings. The van der Waals surface area contributed by atoms with Gasteiger partial charge in [0, 0.05) is 17.5 Å². The van der Waals surface area contributed by atoms with Crippen molar-refractivity contribution < 1.29 is 9.59 Å². The van der Waals surface area contributed by atoms with E-state index in [4.69, 9.17) is 5.73 Å². The summed E-state index contributed by atoms with van der Waals surface area (Å²) in [5.74, 6) is -0.352. The second-order valence-electron chi connectivity index (χ2n) is 4.51. The summed E-state index contributed by atoms with van der Waals surface area (Å²) in [6, 6.07) is 8.57. The summed E-state index contributed by atoms with van der Waals surface area (Å²) in [5, 5.41) is 5.47. The van der Waals surface area contributed by atoms with E-state index < -0.39 is 12.1 Å². The lowest BCUT2D eigenvalue weighted by Gasteiger charge is -2.10. The van der Waals surface area contributed by atoms with Crippen LogP contribution < -0.4 is 16.4 Å². The summed E-state index contributed by atoms with van der Waals surface area (Å²) in [5.41, 5.74) is 6.15. The summed E-state index contributed by atoms with van der Waals surface area (Å²) in [4.78, 5) is 27.7. The van der Waals surface area contributed by atoms with Crippen LogP contribution in [0.15, 0.2) is 36.5 Å². The van der Waals surface area contributed by atoms with E-state index in [9.17, 15) is 9.59 Å². The van der Waals surface area contributed by atoms with Crippen molar-refractivity contribution in [2.75, 3.05) is 5.32 Å². The summed E-state index contributed by atoms with van der Waals surface area (Å²) in [7, 11) is 0. The number of nitrogens with two attached hydrogens (primary N) is 1. The number of rotatable bonds is 5. The molecule has 6 nitrogen and oxygen atoms in total. The van der Waals surface area contributed by atoms with Gasteiger partial charge in [0.2, 0.25) is 5.91 Å². The minimum Gasteiger partial charge on any atom is -0.352 e. The second-order valence-corrected chi connectivity index (χ2v) is 5.63. The molecule has 0 saturated carbocycles. The van der Waals surface area contributed by atoms with Gasteiger partial charge in [0.1, 0.15) is 6.04 Å². The number of primary amides is 1. The van der Waals surface area contributed by atoms with Crippen LogP contribution in [0, 0.1) is 0 Å². The van der Waals surface area contributed by atoms with E-state index in [1.807, 2.05) is 30.3 Å². The Labute approximate surface area is 126 Å². The minimum absolute atomic E-state index is 0.352. The number of aromatic nitrogens is 1. The molecule has 3 amide bonds. The zero-order chi connectivity index (χ0) is 15.2. The smallest absolute Gasteiger partial charge is 0.312 e. The van der Waals surface area contributed by atoms with Crippen molar-refractivity contribution in [3.8, 4) is 0 Å². The maximum atomic E-state index is 11.8. The normalized spacial score (nSPS) is 11.7. The van der Waals surface area contributed by atoms with Gasteiger partial charge in [-0.05, 0) is 12.5 Å². The second kappa shape index (κ2) is 6.85. The monoisotopic (exact) mass is 304 g/mol. The fourth-order valence-corrected chi connectivity index (χ4v) is 2.59. The summed E-state index contributed by atoms with van der Waals surface area (Å²) < 4.78 is 0. The first-order valence-corrected chi connectivity index (χ1v) is 7.21. The van der Waals surface area contributed by atoms with Gasteiger partial charge < -0.3 is 16.4 Å². The van der Waals surface area contributed by atoms with Crippen LogP contribution in [0.4, 0.5) is 9.93 Å². The molecule has 1 heterocycles. The fraction of sp³-hybridized carbons (Fsp3) is 0.214. The summed E-state index contributed by atoms with van der Waals surface area (Å²) in [6.45, 7) is 1.55. The van der Waals surface area contributed by atoms with Crippen molar-refractivity contribution in [2.24, 2.45) is 5.73 Å². The number of nitrogens with one attached hydrogen (secondary N) is 2. The molecule has 0 radical (unpaired) electrons. The molecule has 1 unspecified atom stereocenters. The lowest BCUT2D eigenvalue weighted by Crippen LogP contribution is -2.44. The first-order chi connectivity index (χ1) is 10.0. The molecule has 110 valence electrons. The number of benzene rings is 1. The Morgan fingerprint density at radius 3 is 2.71 bits per heavy atom. The number of carbonyl (C=O) groups excluding carboxylic acids is 2. The first-order valence-electron chi connectivity index (χ1n) is 6.40. The molecule has 0 bridgehead atoms. The third-order valence-electron chi connectivity index (χ3n) is 2.76. The Kier molecular flexibility index (Phi) is 4.89. The van der Waals surface area contributed by atoms with E-state index >= 15 is 0 Å². The van der Waals surface area contributed by atoms with Gasteiger partial charge in [-0.3, -0.25) is 4.79 Å². The molecule has 0 aliphatic heterocycles. The Morgan fingerprint density at radius 1 is 1.33 bits per heavy atom. The number of nitrogens with zero attached hydrogens (tertiary/aromatic N) is 1. The van der Waals surface area contributed by atoms with Crippen LogP contribution in [0.25, 0.3) is 0 Å². The van der Waals surface area contributed by atoms with Crippen molar-refractivity contribution in [1.82, 2.24) is 10.3 Å². The number of urea groups is 1. The van der Waals surface area contributed by atoms with Crippen LogP contribution in [0.2, 0.25) is 0 Å². The number of anilines is 1. The Hall–Kier alpha value is -2.41. The minimum atomic E-state index is -0.735. The number of carbonyl (C=O) groups is 2. The predicted octanol–water partition coefficient (Wildman–Crippen LogP) is 1.73. The highest BCUT2D eigenvalue weighted by atomic mass is 32.1. The quantitative estimate of drug-likeness (QED) is 0.784. The van der Waals surface area contributed by atoms with E-state index in [0.717, 1.165) is 11.3 Å². The third-order valence-corrected chi connectivity index (χ3v) is 3.67. The molecule has 4 N–H and O–H groups in total. The number of amides is 3. The molecule has 0 aliphatic carbocycles. The maximum Gasteiger partial charge on any atom is 0.312 e. The molecule has 0 fully saturated rings. The fourth-order valence-electron chi connectivity index (χ4n) is 1.74. The molecule has 1 aromatic carbocycles. The summed E-state index contributed by atoms with van der Waals surface area (Å²) >= 11 is 1.41. The lowest BCUT2D eigenvalue weighted by molar-refractivity contribution is -0.117. The van der Waals surface area contributed by atoms with Crippen LogP contribution in [0.5, 0.6) is 0 Å². The molecular weight excluding hydrogens is 288 g/mol. The molecule has 2 rings (SSSR count). The molecule has 0 saturated heterocycles. The number of thiazole rings is 1. The van der Waals surface area contributed by atoms with Gasteiger partial charge in [-0.15, -0.1) is 11.3 Å². The number of hydrogen-bond acceptors (Lipinski definition) is 4. The van der Waals surface area contributed by atoms with Crippen LogP contribution in [-0.2, 0) is 11.2 Å². The molecule has 7 heteroatoms. The zero-order valence-electron chi connectivity index (χ0n) is 11.5. The van der Waals surface area contributed by atoms with Gasteiger partial charge in [-0.25, -0.2) is 9.78 Å². The lowest BCUT2D eigenvalue weighted by atomic mass is 10.1. The third kappa shape index (κ3) is 4.57. The van der Waals surface area contributed by atoms with Crippen LogP contribution >= 0.6 is 11.3 Å². The van der Waals surface area contributed by atoms with E-state index in [2.05, 4.69) is 15.6 Å². The molecule has 2 aromatic rings. The Morgan fingerprint density at radius 2 is 2.05 bits per heavy atom. The van der Waals surface area contributed by atoms with Gasteiger partial charge in [0.25, 0.3) is 0 Å². The largest absolute Gasteiger partial charge is 0.352 e. The molecule has 0 spiro atoms. The Balaban J connectivity index is 1.94. The average molecular weight is 304 g/mol. The average Bonchev–Trinajstić information content (AvgIpc) is 2.86. The topological polar surface area (TPSA) is 97.1 Å². The number of hydrogen-bond donors (Lipinski definition) is 3. The van der Waals surface area contributed by atoms with Gasteiger partial charge >= 0.3 is 6.03 Å². The van der Waals surface area contributed by atoms with Gasteiger partial charge in [0.15, 0.2) is 5.13 Å². The highest BCUT2D eigenvalue weighted by Gasteiger charge is 2.15.